The van der Waals surface area contributed by atoms with Crippen molar-refractivity contribution in [3.63, 3.8) is 0 Å². The van der Waals surface area contributed by atoms with Crippen LogP contribution in [0.15, 0.2) is 30.3 Å². The van der Waals surface area contributed by atoms with Crippen molar-refractivity contribution in [3.8, 4) is 5.75 Å². The molecule has 0 saturated heterocycles. The van der Waals surface area contributed by atoms with Gasteiger partial charge in [0.05, 0.1) is 0 Å². The van der Waals surface area contributed by atoms with Gasteiger partial charge in [-0.2, -0.15) is 0 Å². The Hall–Kier alpha value is -1.21. The third-order valence-corrected chi connectivity index (χ3v) is 5.70. The molecule has 0 heterocycles. The smallest absolute Gasteiger partial charge is 0.426 e. The van der Waals surface area contributed by atoms with Crippen LogP contribution in [-0.4, -0.2) is 36.1 Å². The normalized spacial score (nSPS) is 13.1. The predicted molar refractivity (Wildman–Crippen MR) is 68.3 cm³/mol. The summed E-state index contributed by atoms with van der Waals surface area (Å²) in [6.07, 6.45) is 0. The minimum atomic E-state index is -3.01. The molecule has 1 unspecified atom stereocenters. The van der Waals surface area contributed by atoms with E-state index in [1.807, 2.05) is 6.07 Å². The minimum absolute atomic E-state index is 0.432. The zero-order chi connectivity index (χ0) is 13.6. The van der Waals surface area contributed by atoms with E-state index in [9.17, 15) is 4.79 Å². The van der Waals surface area contributed by atoms with Gasteiger partial charge in [-0.25, -0.2) is 0 Å². The third kappa shape index (κ3) is 3.17. The van der Waals surface area contributed by atoms with Crippen molar-refractivity contribution in [1.29, 1.82) is 0 Å². The third-order valence-electron chi connectivity index (χ3n) is 2.70. The molecule has 1 aromatic carbocycles. The Kier molecular flexibility index (Phi) is 5.48. The van der Waals surface area contributed by atoms with Gasteiger partial charge in [-0.05, 0) is 19.1 Å². The van der Waals surface area contributed by atoms with E-state index in [0.29, 0.717) is 5.75 Å². The van der Waals surface area contributed by atoms with Crippen LogP contribution in [0.5, 0.6) is 5.75 Å². The van der Waals surface area contributed by atoms with Crippen LogP contribution in [0, 0.1) is 0 Å². The highest BCUT2D eigenvalue weighted by atomic mass is 28.4. The summed E-state index contributed by atoms with van der Waals surface area (Å²) in [4.78, 5) is 12.0. The first-order valence-electron chi connectivity index (χ1n) is 5.51. The van der Waals surface area contributed by atoms with Gasteiger partial charge in [0.15, 0.2) is 0 Å². The van der Waals surface area contributed by atoms with Gasteiger partial charge >= 0.3 is 14.8 Å². The van der Waals surface area contributed by atoms with Crippen LogP contribution in [0.2, 0.25) is 5.54 Å². The van der Waals surface area contributed by atoms with E-state index in [1.54, 1.807) is 31.2 Å². The van der Waals surface area contributed by atoms with E-state index < -0.39 is 20.3 Å². The molecule has 1 aromatic rings. The summed E-state index contributed by atoms with van der Waals surface area (Å²) in [7, 11) is 1.38. The summed E-state index contributed by atoms with van der Waals surface area (Å²) in [5.41, 5.74) is -0.599. The Morgan fingerprint density at radius 3 is 2.00 bits per heavy atom. The van der Waals surface area contributed by atoms with E-state index in [-0.39, 0.29) is 0 Å². The van der Waals surface area contributed by atoms with Crippen LogP contribution in [0.4, 0.5) is 0 Å². The van der Waals surface area contributed by atoms with Gasteiger partial charge in [-0.3, -0.25) is 4.79 Å². The van der Waals surface area contributed by atoms with Gasteiger partial charge in [-0.15, -0.1) is 0 Å². The number of esters is 1. The molecule has 0 spiro atoms. The summed E-state index contributed by atoms with van der Waals surface area (Å²) in [6, 6.07) is 8.85. The van der Waals surface area contributed by atoms with Gasteiger partial charge < -0.3 is 18.0 Å². The zero-order valence-electron chi connectivity index (χ0n) is 11.0. The quantitative estimate of drug-likeness (QED) is 0.448. The monoisotopic (exact) mass is 270 g/mol. The van der Waals surface area contributed by atoms with E-state index >= 15 is 0 Å². The molecule has 0 saturated carbocycles. The molecule has 0 fully saturated rings. The molecule has 0 aliphatic rings. The molecule has 1 rings (SSSR count). The van der Waals surface area contributed by atoms with Crippen LogP contribution in [-0.2, 0) is 18.1 Å². The van der Waals surface area contributed by atoms with E-state index in [1.165, 1.54) is 21.3 Å². The highest BCUT2D eigenvalue weighted by Gasteiger charge is 2.49. The second-order valence-corrected chi connectivity index (χ2v) is 6.97. The molecule has 18 heavy (non-hydrogen) atoms. The number of carbonyl (C=O) groups excluding carboxylic acids is 1. The number of para-hydroxylation sites is 1. The fraction of sp³-hybridized carbons (Fsp3) is 0.417. The SMILES string of the molecule is CO[Si](OC)(OC)C(C)C(=O)Oc1ccccc1. The fourth-order valence-electron chi connectivity index (χ4n) is 1.62. The van der Waals surface area contributed by atoms with Crippen LogP contribution in [0.25, 0.3) is 0 Å². The predicted octanol–water partition coefficient (Wildman–Crippen LogP) is 1.86. The van der Waals surface area contributed by atoms with Gasteiger partial charge in [0, 0.05) is 21.3 Å². The van der Waals surface area contributed by atoms with Gasteiger partial charge in [-0.1, -0.05) is 18.2 Å². The highest BCUT2D eigenvalue weighted by molar-refractivity contribution is 6.66. The standard InChI is InChI=1S/C12H18O5Si/c1-10(18(14-2,15-3)16-4)12(13)17-11-8-6-5-7-9-11/h5-10H,1-4H3. The average molecular weight is 270 g/mol. The second kappa shape index (κ2) is 6.65. The number of benzene rings is 1. The Bertz CT molecular complexity index is 369. The number of carbonyl (C=O) groups is 1. The lowest BCUT2D eigenvalue weighted by Gasteiger charge is -2.28. The van der Waals surface area contributed by atoms with Crippen LogP contribution < -0.4 is 4.74 Å². The maximum Gasteiger partial charge on any atom is 0.514 e. The molecule has 100 valence electrons. The summed E-state index contributed by atoms with van der Waals surface area (Å²) in [5, 5.41) is 0. The van der Waals surface area contributed by atoms with Crippen LogP contribution >= 0.6 is 0 Å². The van der Waals surface area contributed by atoms with Gasteiger partial charge in [0.2, 0.25) is 0 Å². The molecule has 0 radical (unpaired) electrons. The average Bonchev–Trinajstić information content (AvgIpc) is 2.42. The molecule has 5 nitrogen and oxygen atoms in total. The topological polar surface area (TPSA) is 54.0 Å². The molecule has 6 heteroatoms. The Morgan fingerprint density at radius 2 is 1.56 bits per heavy atom. The van der Waals surface area contributed by atoms with Crippen molar-refractivity contribution in [1.82, 2.24) is 0 Å². The van der Waals surface area contributed by atoms with Gasteiger partial charge in [0.1, 0.15) is 11.3 Å². The molecule has 0 bridgehead atoms. The maximum atomic E-state index is 12.0. The fourth-order valence-corrected chi connectivity index (χ4v) is 3.53. The molecule has 0 aromatic heterocycles. The largest absolute Gasteiger partial charge is 0.514 e. The van der Waals surface area contributed by atoms with Crippen molar-refractivity contribution in [3.05, 3.63) is 30.3 Å². The number of hydrogen-bond acceptors (Lipinski definition) is 5. The van der Waals surface area contributed by atoms with E-state index in [0.717, 1.165) is 0 Å². The highest BCUT2D eigenvalue weighted by Crippen LogP contribution is 2.25. The molecular formula is C12H18O5Si. The van der Waals surface area contributed by atoms with Crippen molar-refractivity contribution < 1.29 is 22.8 Å². The Morgan fingerprint density at radius 1 is 1.06 bits per heavy atom. The summed E-state index contributed by atoms with van der Waals surface area (Å²) in [6.45, 7) is 1.67. The number of hydrogen-bond donors (Lipinski definition) is 0. The van der Waals surface area contributed by atoms with Crippen LogP contribution in [0.3, 0.4) is 0 Å². The van der Waals surface area contributed by atoms with Crippen molar-refractivity contribution >= 4 is 14.8 Å². The summed E-state index contributed by atoms with van der Waals surface area (Å²) in [5.74, 6) is 0.0546. The Labute approximate surface area is 108 Å². The molecule has 0 aliphatic carbocycles. The zero-order valence-corrected chi connectivity index (χ0v) is 12.0. The first-order chi connectivity index (χ1) is 8.59. The molecule has 0 aliphatic heterocycles. The second-order valence-electron chi connectivity index (χ2n) is 3.67. The lowest BCUT2D eigenvalue weighted by Crippen LogP contribution is -2.50. The van der Waals surface area contributed by atoms with Gasteiger partial charge in [0.25, 0.3) is 0 Å². The summed E-state index contributed by atoms with van der Waals surface area (Å²) < 4.78 is 21.0. The molecular weight excluding hydrogens is 252 g/mol. The first-order valence-corrected chi connectivity index (χ1v) is 7.32. The van der Waals surface area contributed by atoms with Crippen LogP contribution in [0.1, 0.15) is 6.92 Å². The molecule has 1 atom stereocenters. The number of rotatable bonds is 6. The lowest BCUT2D eigenvalue weighted by atomic mass is 10.3. The van der Waals surface area contributed by atoms with Crippen molar-refractivity contribution in [2.24, 2.45) is 0 Å². The van der Waals surface area contributed by atoms with Crippen molar-refractivity contribution in [2.75, 3.05) is 21.3 Å². The lowest BCUT2D eigenvalue weighted by molar-refractivity contribution is -0.135. The van der Waals surface area contributed by atoms with E-state index in [2.05, 4.69) is 0 Å². The van der Waals surface area contributed by atoms with Crippen molar-refractivity contribution in [2.45, 2.75) is 12.5 Å². The minimum Gasteiger partial charge on any atom is -0.426 e. The summed E-state index contributed by atoms with van der Waals surface area (Å²) >= 11 is 0. The maximum absolute atomic E-state index is 12.0. The Balaban J connectivity index is 2.77. The first kappa shape index (κ1) is 14.8. The van der Waals surface area contributed by atoms with E-state index in [4.69, 9.17) is 18.0 Å². The number of ether oxygens (including phenoxy) is 1. The molecule has 0 N–H and O–H groups in total. The molecule has 0 amide bonds.